The van der Waals surface area contributed by atoms with Crippen molar-refractivity contribution in [2.24, 2.45) is 13.0 Å². The van der Waals surface area contributed by atoms with Crippen molar-refractivity contribution >= 4 is 28.8 Å². The molecule has 1 saturated heterocycles. The van der Waals surface area contributed by atoms with Crippen molar-refractivity contribution in [2.45, 2.75) is 69.9 Å². The second-order valence-electron chi connectivity index (χ2n) is 7.63. The van der Waals surface area contributed by atoms with Crippen LogP contribution in [0.5, 0.6) is 0 Å². The van der Waals surface area contributed by atoms with Gasteiger partial charge in [-0.1, -0.05) is 32.5 Å². The third kappa shape index (κ3) is 3.85. The molecule has 8 nitrogen and oxygen atoms in total. The van der Waals surface area contributed by atoms with Gasteiger partial charge in [0.05, 0.1) is 0 Å². The quantitative estimate of drug-likeness (QED) is 0.534. The van der Waals surface area contributed by atoms with Gasteiger partial charge in [0.25, 0.3) is 5.56 Å². The van der Waals surface area contributed by atoms with E-state index in [1.54, 1.807) is 0 Å². The predicted molar refractivity (Wildman–Crippen MR) is 108 cm³/mol. The van der Waals surface area contributed by atoms with Crippen LogP contribution in [0.3, 0.4) is 0 Å². The van der Waals surface area contributed by atoms with Gasteiger partial charge >= 0.3 is 11.7 Å². The molecule has 9 heteroatoms. The number of rotatable bonds is 6. The highest BCUT2D eigenvalue weighted by molar-refractivity contribution is 8.00. The highest BCUT2D eigenvalue weighted by atomic mass is 32.2. The average molecular weight is 407 g/mol. The first-order valence-corrected chi connectivity index (χ1v) is 10.5. The van der Waals surface area contributed by atoms with Gasteiger partial charge in [0.15, 0.2) is 5.65 Å². The SMILES string of the molecule is CCCn1c(=O)n(C)c(=O)c2c(S[C@@H]3C[C@@H](C)OC3=O)nc(CC(C)C)nc21. The van der Waals surface area contributed by atoms with Crippen molar-refractivity contribution in [3.05, 3.63) is 26.7 Å². The van der Waals surface area contributed by atoms with E-state index >= 15 is 0 Å². The molecule has 0 unspecified atom stereocenters. The van der Waals surface area contributed by atoms with Crippen molar-refractivity contribution in [1.29, 1.82) is 0 Å². The summed E-state index contributed by atoms with van der Waals surface area (Å²) in [5.74, 6) is 0.583. The minimum absolute atomic E-state index is 0.158. The molecule has 0 spiro atoms. The Balaban J connectivity index is 2.26. The number of thioether (sulfide) groups is 1. The van der Waals surface area contributed by atoms with E-state index in [4.69, 9.17) is 4.74 Å². The molecule has 0 saturated carbocycles. The third-order valence-corrected chi connectivity index (χ3v) is 5.80. The first-order chi connectivity index (χ1) is 13.2. The molecule has 1 aliphatic heterocycles. The van der Waals surface area contributed by atoms with Crippen LogP contribution < -0.4 is 11.2 Å². The van der Waals surface area contributed by atoms with E-state index in [0.717, 1.165) is 11.0 Å². The van der Waals surface area contributed by atoms with Crippen LogP contribution in [0.4, 0.5) is 0 Å². The molecule has 1 aliphatic rings. The molecular weight excluding hydrogens is 380 g/mol. The lowest BCUT2D eigenvalue weighted by molar-refractivity contribution is -0.140. The fourth-order valence-electron chi connectivity index (χ4n) is 3.30. The molecule has 0 aliphatic carbocycles. The molecule has 2 aromatic heterocycles. The van der Waals surface area contributed by atoms with Crippen LogP contribution >= 0.6 is 11.8 Å². The fourth-order valence-corrected chi connectivity index (χ4v) is 4.54. The van der Waals surface area contributed by atoms with Crippen molar-refractivity contribution in [3.63, 3.8) is 0 Å². The van der Waals surface area contributed by atoms with E-state index in [1.165, 1.54) is 23.4 Å². The lowest BCUT2D eigenvalue weighted by Crippen LogP contribution is -2.39. The Morgan fingerprint density at radius 2 is 1.96 bits per heavy atom. The van der Waals surface area contributed by atoms with E-state index in [2.05, 4.69) is 23.8 Å². The minimum atomic E-state index is -0.439. The maximum atomic E-state index is 12.9. The summed E-state index contributed by atoms with van der Waals surface area (Å²) in [4.78, 5) is 46.9. The number of hydrogen-bond acceptors (Lipinski definition) is 7. The number of carbonyl (C=O) groups is 1. The van der Waals surface area contributed by atoms with Crippen molar-refractivity contribution in [1.82, 2.24) is 19.1 Å². The molecule has 2 atom stereocenters. The van der Waals surface area contributed by atoms with Gasteiger partial charge in [0, 0.05) is 26.4 Å². The largest absolute Gasteiger partial charge is 0.462 e. The fraction of sp³-hybridized carbons (Fsp3) is 0.632. The van der Waals surface area contributed by atoms with E-state index in [0.29, 0.717) is 47.2 Å². The summed E-state index contributed by atoms with van der Waals surface area (Å²) >= 11 is 1.23. The van der Waals surface area contributed by atoms with E-state index in [9.17, 15) is 14.4 Å². The van der Waals surface area contributed by atoms with Gasteiger partial charge in [-0.2, -0.15) is 0 Å². The van der Waals surface area contributed by atoms with Gasteiger partial charge in [-0.3, -0.25) is 18.7 Å². The number of hydrogen-bond donors (Lipinski definition) is 0. The second kappa shape index (κ2) is 8.06. The minimum Gasteiger partial charge on any atom is -0.462 e. The van der Waals surface area contributed by atoms with Crippen LogP contribution in [0, 0.1) is 5.92 Å². The van der Waals surface area contributed by atoms with E-state index < -0.39 is 16.5 Å². The van der Waals surface area contributed by atoms with Crippen LogP contribution in [0.1, 0.15) is 46.4 Å². The average Bonchev–Trinajstić information content (AvgIpc) is 2.93. The molecule has 152 valence electrons. The number of esters is 1. The Labute approximate surface area is 167 Å². The molecule has 3 heterocycles. The van der Waals surface area contributed by atoms with Crippen LogP contribution in [0.2, 0.25) is 0 Å². The summed E-state index contributed by atoms with van der Waals surface area (Å²) < 4.78 is 7.86. The maximum absolute atomic E-state index is 12.9. The van der Waals surface area contributed by atoms with Crippen LogP contribution in [-0.2, 0) is 29.5 Å². The number of cyclic esters (lactones) is 1. The van der Waals surface area contributed by atoms with Crippen LogP contribution in [-0.4, -0.2) is 36.4 Å². The third-order valence-electron chi connectivity index (χ3n) is 4.61. The van der Waals surface area contributed by atoms with Gasteiger partial charge in [0.2, 0.25) is 0 Å². The maximum Gasteiger partial charge on any atom is 0.332 e. The molecule has 28 heavy (non-hydrogen) atoms. The Hall–Kier alpha value is -2.16. The monoisotopic (exact) mass is 406 g/mol. The summed E-state index contributed by atoms with van der Waals surface area (Å²) in [5, 5.41) is 0.318. The number of ether oxygens (including phenoxy) is 1. The summed E-state index contributed by atoms with van der Waals surface area (Å²) in [6, 6.07) is 0. The molecule has 0 N–H and O–H groups in total. The predicted octanol–water partition coefficient (Wildman–Crippen LogP) is 1.89. The second-order valence-corrected chi connectivity index (χ2v) is 8.82. The number of nitrogens with zero attached hydrogens (tertiary/aromatic N) is 4. The van der Waals surface area contributed by atoms with Crippen LogP contribution in [0.15, 0.2) is 14.6 Å². The normalized spacial score (nSPS) is 19.6. The Morgan fingerprint density at radius 1 is 1.25 bits per heavy atom. The number of fused-ring (bicyclic) bond motifs is 1. The molecule has 0 aromatic carbocycles. The summed E-state index contributed by atoms with van der Waals surface area (Å²) in [6.45, 7) is 8.37. The number of aromatic nitrogens is 4. The molecule has 3 rings (SSSR count). The molecular formula is C19H26N4O4S. The van der Waals surface area contributed by atoms with E-state index in [-0.39, 0.29) is 12.1 Å². The molecule has 2 aromatic rings. The van der Waals surface area contributed by atoms with Crippen LogP contribution in [0.25, 0.3) is 11.0 Å². The van der Waals surface area contributed by atoms with Gasteiger partial charge in [-0.25, -0.2) is 14.8 Å². The highest BCUT2D eigenvalue weighted by Gasteiger charge is 2.34. The van der Waals surface area contributed by atoms with E-state index in [1.807, 2.05) is 13.8 Å². The van der Waals surface area contributed by atoms with Crippen molar-refractivity contribution < 1.29 is 9.53 Å². The molecule has 0 bridgehead atoms. The zero-order chi connectivity index (χ0) is 20.6. The van der Waals surface area contributed by atoms with Gasteiger partial charge in [0.1, 0.15) is 27.6 Å². The lowest BCUT2D eigenvalue weighted by Gasteiger charge is -2.15. The zero-order valence-corrected chi connectivity index (χ0v) is 17.7. The standard InChI is InChI=1S/C19H26N4O4S/c1-6-7-23-15-14(17(24)22(5)19(23)26)16(21-13(20-15)8-10(2)3)28-12-9-11(4)27-18(12)25/h10-12H,6-9H2,1-5H3/t11-,12-/m1/s1. The van der Waals surface area contributed by atoms with Crippen molar-refractivity contribution in [2.75, 3.05) is 0 Å². The molecule has 1 fully saturated rings. The topological polar surface area (TPSA) is 96.1 Å². The molecule has 0 amide bonds. The highest BCUT2D eigenvalue weighted by Crippen LogP contribution is 2.33. The summed E-state index contributed by atoms with van der Waals surface area (Å²) in [7, 11) is 1.46. The smallest absolute Gasteiger partial charge is 0.332 e. The Kier molecular flexibility index (Phi) is 5.92. The summed E-state index contributed by atoms with van der Waals surface area (Å²) in [6.07, 6.45) is 1.74. The number of aryl methyl sites for hydroxylation is 1. The first-order valence-electron chi connectivity index (χ1n) is 9.60. The van der Waals surface area contributed by atoms with Gasteiger partial charge in [-0.15, -0.1) is 0 Å². The number of carbonyl (C=O) groups excluding carboxylic acids is 1. The lowest BCUT2D eigenvalue weighted by atomic mass is 10.1. The molecule has 0 radical (unpaired) electrons. The van der Waals surface area contributed by atoms with Crippen molar-refractivity contribution in [3.8, 4) is 0 Å². The van der Waals surface area contributed by atoms with Gasteiger partial charge < -0.3 is 4.74 Å². The van der Waals surface area contributed by atoms with Gasteiger partial charge in [-0.05, 0) is 19.3 Å². The Bertz CT molecular complexity index is 1030. The Morgan fingerprint density at radius 3 is 2.54 bits per heavy atom. The summed E-state index contributed by atoms with van der Waals surface area (Å²) in [5.41, 5.74) is -0.480. The zero-order valence-electron chi connectivity index (χ0n) is 16.9. The first kappa shape index (κ1) is 20.6.